The summed E-state index contributed by atoms with van der Waals surface area (Å²) in [5, 5.41) is 21.9. The molecular weight excluding hydrogens is 258 g/mol. The van der Waals surface area contributed by atoms with Crippen molar-refractivity contribution in [2.45, 2.75) is 32.4 Å². The Balaban J connectivity index is 2.52. The van der Waals surface area contributed by atoms with Crippen molar-refractivity contribution in [1.82, 2.24) is 5.32 Å². The zero-order valence-corrected chi connectivity index (χ0v) is 12.0. The van der Waals surface area contributed by atoms with E-state index in [0.29, 0.717) is 12.2 Å². The minimum atomic E-state index is -0.975. The number of hydrogen-bond acceptors (Lipinski definition) is 4. The average Bonchev–Trinajstić information content (AvgIpc) is 2.50. The van der Waals surface area contributed by atoms with Crippen LogP contribution in [0.1, 0.15) is 31.9 Å². The van der Waals surface area contributed by atoms with Gasteiger partial charge >= 0.3 is 6.09 Å². The van der Waals surface area contributed by atoms with Crippen LogP contribution >= 0.6 is 0 Å². The molecule has 1 aromatic rings. The van der Waals surface area contributed by atoms with Crippen LogP contribution in [0.2, 0.25) is 0 Å². The summed E-state index contributed by atoms with van der Waals surface area (Å²) in [6.07, 6.45) is -0.680. The van der Waals surface area contributed by atoms with Crippen molar-refractivity contribution in [3.8, 4) is 0 Å². The number of carbonyl (C=O) groups is 1. The van der Waals surface area contributed by atoms with Crippen LogP contribution in [0, 0.1) is 5.92 Å². The van der Waals surface area contributed by atoms with Crippen molar-refractivity contribution in [3.63, 3.8) is 0 Å². The van der Waals surface area contributed by atoms with Gasteiger partial charge in [-0.2, -0.15) is 0 Å². The Morgan fingerprint density at radius 3 is 2.55 bits per heavy atom. The second kappa shape index (κ2) is 8.55. The van der Waals surface area contributed by atoms with Crippen LogP contribution in [-0.4, -0.2) is 35.6 Å². The molecule has 0 heterocycles. The fraction of sp³-hybridized carbons (Fsp3) is 0.533. The van der Waals surface area contributed by atoms with Gasteiger partial charge < -0.3 is 20.3 Å². The molecule has 5 heteroatoms. The van der Waals surface area contributed by atoms with E-state index in [0.717, 1.165) is 6.42 Å². The van der Waals surface area contributed by atoms with Crippen molar-refractivity contribution in [1.29, 1.82) is 0 Å². The predicted molar refractivity (Wildman–Crippen MR) is 76.2 cm³/mol. The highest BCUT2D eigenvalue weighted by Crippen LogP contribution is 2.16. The second-order valence-corrected chi connectivity index (χ2v) is 4.90. The summed E-state index contributed by atoms with van der Waals surface area (Å²) in [7, 11) is 0. The molecule has 1 aromatic carbocycles. The molecular formula is C15H23NO4. The van der Waals surface area contributed by atoms with Gasteiger partial charge in [-0.05, 0) is 11.5 Å². The molecule has 0 saturated carbocycles. The first-order valence-electron chi connectivity index (χ1n) is 6.85. The molecule has 1 amide bonds. The van der Waals surface area contributed by atoms with E-state index in [1.54, 1.807) is 24.3 Å². The number of nitrogens with one attached hydrogen (secondary N) is 1. The zero-order chi connectivity index (χ0) is 15.0. The molecule has 112 valence electrons. The number of amides is 1. The third-order valence-electron chi connectivity index (χ3n) is 3.22. The molecule has 3 N–H and O–H groups in total. The van der Waals surface area contributed by atoms with Crippen LogP contribution in [-0.2, 0) is 4.74 Å². The summed E-state index contributed by atoms with van der Waals surface area (Å²) in [5.41, 5.74) is 0.633. The molecule has 0 aliphatic heterocycles. The molecule has 3 atom stereocenters. The van der Waals surface area contributed by atoms with E-state index >= 15 is 0 Å². The topological polar surface area (TPSA) is 78.8 Å². The number of aliphatic hydroxyl groups is 2. The Kier molecular flexibility index (Phi) is 7.04. The molecule has 0 bridgehead atoms. The third-order valence-corrected chi connectivity index (χ3v) is 3.22. The molecule has 0 fully saturated rings. The Morgan fingerprint density at radius 1 is 1.35 bits per heavy atom. The van der Waals surface area contributed by atoms with Crippen LogP contribution in [0.5, 0.6) is 0 Å². The smallest absolute Gasteiger partial charge is 0.407 e. The minimum absolute atomic E-state index is 0.285. The molecule has 0 saturated heterocycles. The molecule has 0 aliphatic rings. The van der Waals surface area contributed by atoms with Crippen molar-refractivity contribution in [2.75, 3.05) is 13.2 Å². The maximum atomic E-state index is 11.6. The lowest BCUT2D eigenvalue weighted by molar-refractivity contribution is 0.0742. The maximum absolute atomic E-state index is 11.6. The number of carbonyl (C=O) groups excluding carboxylic acids is 1. The predicted octanol–water partition coefficient (Wildman–Crippen LogP) is 1.85. The molecule has 0 aromatic heterocycles. The van der Waals surface area contributed by atoms with Crippen molar-refractivity contribution in [3.05, 3.63) is 35.9 Å². The normalized spacial score (nSPS) is 15.2. The number of alkyl carbamates (subject to hydrolysis) is 1. The summed E-state index contributed by atoms with van der Waals surface area (Å²) >= 11 is 0. The van der Waals surface area contributed by atoms with Crippen LogP contribution < -0.4 is 5.32 Å². The Hall–Kier alpha value is -1.59. The quantitative estimate of drug-likeness (QED) is 0.712. The fourth-order valence-electron chi connectivity index (χ4n) is 1.64. The fourth-order valence-corrected chi connectivity index (χ4v) is 1.64. The molecule has 0 spiro atoms. The lowest BCUT2D eigenvalue weighted by Crippen LogP contribution is -2.42. The SMILES string of the molecule is CCC(C)COC(=O)NC(CO)C(O)c1ccccc1. The van der Waals surface area contributed by atoms with E-state index < -0.39 is 18.2 Å². The monoisotopic (exact) mass is 281 g/mol. The Morgan fingerprint density at radius 2 is 2.00 bits per heavy atom. The summed E-state index contributed by atoms with van der Waals surface area (Å²) in [6.45, 7) is 3.95. The maximum Gasteiger partial charge on any atom is 0.407 e. The van der Waals surface area contributed by atoms with Crippen molar-refractivity contribution < 1.29 is 19.7 Å². The third kappa shape index (κ3) is 5.19. The van der Waals surface area contributed by atoms with E-state index in [9.17, 15) is 15.0 Å². The van der Waals surface area contributed by atoms with Gasteiger partial charge in [0.25, 0.3) is 0 Å². The van der Waals surface area contributed by atoms with Gasteiger partial charge in [-0.25, -0.2) is 4.79 Å². The Bertz CT molecular complexity index is 396. The standard InChI is InChI=1S/C15H23NO4/c1-3-11(2)10-20-15(19)16-13(9-17)14(18)12-7-5-4-6-8-12/h4-8,11,13-14,17-18H,3,9-10H2,1-2H3,(H,16,19). The van der Waals surface area contributed by atoms with E-state index in [1.807, 2.05) is 19.9 Å². The van der Waals surface area contributed by atoms with Crippen LogP contribution in [0.3, 0.4) is 0 Å². The Labute approximate surface area is 119 Å². The van der Waals surface area contributed by atoms with Crippen LogP contribution in [0.15, 0.2) is 30.3 Å². The van der Waals surface area contributed by atoms with Crippen LogP contribution in [0.4, 0.5) is 4.79 Å². The number of rotatable bonds is 7. The van der Waals surface area contributed by atoms with Gasteiger partial charge in [0.2, 0.25) is 0 Å². The highest BCUT2D eigenvalue weighted by molar-refractivity contribution is 5.67. The minimum Gasteiger partial charge on any atom is -0.449 e. The van der Waals surface area contributed by atoms with E-state index in [4.69, 9.17) is 4.74 Å². The van der Waals surface area contributed by atoms with E-state index in [1.165, 1.54) is 0 Å². The molecule has 3 unspecified atom stereocenters. The van der Waals surface area contributed by atoms with Gasteiger partial charge in [0, 0.05) is 0 Å². The first kappa shape index (κ1) is 16.5. The highest BCUT2D eigenvalue weighted by Gasteiger charge is 2.22. The van der Waals surface area contributed by atoms with E-state index in [2.05, 4.69) is 5.32 Å². The van der Waals surface area contributed by atoms with Gasteiger partial charge in [0.05, 0.1) is 19.3 Å². The molecule has 0 radical (unpaired) electrons. The average molecular weight is 281 g/mol. The summed E-state index contributed by atoms with van der Waals surface area (Å²) in [5.74, 6) is 0.285. The summed E-state index contributed by atoms with van der Waals surface area (Å²) in [6, 6.07) is 8.08. The second-order valence-electron chi connectivity index (χ2n) is 4.90. The lowest BCUT2D eigenvalue weighted by atomic mass is 10.0. The van der Waals surface area contributed by atoms with Gasteiger partial charge in [0.1, 0.15) is 6.10 Å². The van der Waals surface area contributed by atoms with Crippen molar-refractivity contribution in [2.24, 2.45) is 5.92 Å². The van der Waals surface area contributed by atoms with Gasteiger partial charge in [-0.3, -0.25) is 0 Å². The van der Waals surface area contributed by atoms with Gasteiger partial charge in [-0.1, -0.05) is 50.6 Å². The number of hydrogen-bond donors (Lipinski definition) is 3. The molecule has 0 aliphatic carbocycles. The van der Waals surface area contributed by atoms with Crippen molar-refractivity contribution >= 4 is 6.09 Å². The van der Waals surface area contributed by atoms with Gasteiger partial charge in [-0.15, -0.1) is 0 Å². The van der Waals surface area contributed by atoms with Gasteiger partial charge in [0.15, 0.2) is 0 Å². The highest BCUT2D eigenvalue weighted by atomic mass is 16.5. The zero-order valence-electron chi connectivity index (χ0n) is 12.0. The lowest BCUT2D eigenvalue weighted by Gasteiger charge is -2.22. The largest absolute Gasteiger partial charge is 0.449 e. The summed E-state index contributed by atoms with van der Waals surface area (Å²) in [4.78, 5) is 11.6. The first-order chi connectivity index (χ1) is 9.58. The molecule has 20 heavy (non-hydrogen) atoms. The summed E-state index contributed by atoms with van der Waals surface area (Å²) < 4.78 is 5.04. The molecule has 1 rings (SSSR count). The molecule has 5 nitrogen and oxygen atoms in total. The number of benzene rings is 1. The first-order valence-corrected chi connectivity index (χ1v) is 6.85. The van der Waals surface area contributed by atoms with E-state index in [-0.39, 0.29) is 12.5 Å². The van der Waals surface area contributed by atoms with Crippen LogP contribution in [0.25, 0.3) is 0 Å². The number of aliphatic hydroxyl groups excluding tert-OH is 2. The number of ether oxygens (including phenoxy) is 1.